The fourth-order valence-corrected chi connectivity index (χ4v) is 1.86. The van der Waals surface area contributed by atoms with Crippen LogP contribution in [0.1, 0.15) is 18.4 Å². The van der Waals surface area contributed by atoms with Gasteiger partial charge in [0.2, 0.25) is 0 Å². The van der Waals surface area contributed by atoms with E-state index >= 15 is 0 Å². The van der Waals surface area contributed by atoms with Crippen molar-refractivity contribution in [3.63, 3.8) is 0 Å². The van der Waals surface area contributed by atoms with Gasteiger partial charge < -0.3 is 11.1 Å². The molecule has 0 saturated heterocycles. The highest BCUT2D eigenvalue weighted by atomic mass is 32.1. The number of nitro groups is 1. The third-order valence-corrected chi connectivity index (χ3v) is 2.97. The molecule has 15 heavy (non-hydrogen) atoms. The molecule has 1 atom stereocenters. The first kappa shape index (κ1) is 9.85. The molecule has 78 valence electrons. The molecule has 6 heteroatoms. The van der Waals surface area contributed by atoms with E-state index in [0.717, 1.165) is 11.3 Å². The molecule has 1 aromatic carbocycles. The molecule has 0 fully saturated rings. The second-order valence-electron chi connectivity index (χ2n) is 3.47. The van der Waals surface area contributed by atoms with Gasteiger partial charge in [-0.15, -0.1) is 0 Å². The first-order chi connectivity index (χ1) is 7.00. The molecule has 2 rings (SSSR count). The Morgan fingerprint density at radius 3 is 2.87 bits per heavy atom. The van der Waals surface area contributed by atoms with Gasteiger partial charge in [0, 0.05) is 17.7 Å². The number of nitrogens with zero attached hydrogens (tertiary/aromatic N) is 1. The molecule has 0 spiro atoms. The van der Waals surface area contributed by atoms with E-state index in [1.54, 1.807) is 6.07 Å². The van der Waals surface area contributed by atoms with E-state index in [0.29, 0.717) is 4.99 Å². The van der Waals surface area contributed by atoms with Crippen molar-refractivity contribution in [1.82, 2.24) is 0 Å². The van der Waals surface area contributed by atoms with Crippen LogP contribution in [0.5, 0.6) is 0 Å². The van der Waals surface area contributed by atoms with Crippen LogP contribution in [-0.4, -0.2) is 9.91 Å². The standard InChI is InChI=1S/C9H9N3O2S/c1-4-5-2-8(12(13)14)6(10)3-7(5)11-9(4)15/h2-4H,10H2,1H3,(H,11,15). The lowest BCUT2D eigenvalue weighted by molar-refractivity contribution is -0.383. The fraction of sp³-hybridized carbons (Fsp3) is 0.222. The maximum absolute atomic E-state index is 10.7. The van der Waals surface area contributed by atoms with Crippen molar-refractivity contribution >= 4 is 34.3 Å². The number of nitrogen functional groups attached to an aromatic ring is 1. The fourth-order valence-electron chi connectivity index (χ4n) is 1.63. The number of rotatable bonds is 1. The number of nitrogens with two attached hydrogens (primary N) is 1. The van der Waals surface area contributed by atoms with E-state index in [9.17, 15) is 10.1 Å². The normalized spacial score (nSPS) is 18.5. The Balaban J connectivity index is 2.60. The molecule has 0 radical (unpaired) electrons. The number of hydrogen-bond donors (Lipinski definition) is 2. The van der Waals surface area contributed by atoms with Gasteiger partial charge in [-0.2, -0.15) is 0 Å². The van der Waals surface area contributed by atoms with Gasteiger partial charge in [0.25, 0.3) is 5.69 Å². The molecule has 0 bridgehead atoms. The quantitative estimate of drug-likeness (QED) is 0.329. The Morgan fingerprint density at radius 1 is 1.60 bits per heavy atom. The van der Waals surface area contributed by atoms with Crippen LogP contribution in [0.4, 0.5) is 17.1 Å². The number of anilines is 2. The first-order valence-electron chi connectivity index (χ1n) is 4.39. The molecule has 0 amide bonds. The summed E-state index contributed by atoms with van der Waals surface area (Å²) in [5.41, 5.74) is 7.26. The molecule has 1 heterocycles. The average molecular weight is 223 g/mol. The number of hydrogen-bond acceptors (Lipinski definition) is 4. The Bertz CT molecular complexity index is 473. The molecule has 0 aliphatic carbocycles. The van der Waals surface area contributed by atoms with Crippen molar-refractivity contribution in [3.05, 3.63) is 27.8 Å². The number of fused-ring (bicyclic) bond motifs is 1. The molecule has 0 aromatic heterocycles. The summed E-state index contributed by atoms with van der Waals surface area (Å²) in [5, 5.41) is 13.7. The van der Waals surface area contributed by atoms with E-state index in [4.69, 9.17) is 18.0 Å². The molecule has 3 N–H and O–H groups in total. The molecule has 1 aromatic rings. The summed E-state index contributed by atoms with van der Waals surface area (Å²) in [7, 11) is 0. The van der Waals surface area contributed by atoms with E-state index in [1.807, 2.05) is 6.92 Å². The molecule has 1 aliphatic heterocycles. The Kier molecular flexibility index (Phi) is 2.08. The summed E-state index contributed by atoms with van der Waals surface area (Å²) >= 11 is 5.08. The van der Waals surface area contributed by atoms with Crippen LogP contribution in [0.2, 0.25) is 0 Å². The number of benzene rings is 1. The predicted molar refractivity (Wildman–Crippen MR) is 62.1 cm³/mol. The second kappa shape index (κ2) is 3.16. The minimum atomic E-state index is -0.482. The van der Waals surface area contributed by atoms with E-state index in [2.05, 4.69) is 5.32 Å². The lowest BCUT2D eigenvalue weighted by Crippen LogP contribution is -2.05. The summed E-state index contributed by atoms with van der Waals surface area (Å²) in [4.78, 5) is 10.9. The zero-order valence-electron chi connectivity index (χ0n) is 7.98. The summed E-state index contributed by atoms with van der Waals surface area (Å²) in [5.74, 6) is 0.00861. The van der Waals surface area contributed by atoms with Crippen molar-refractivity contribution in [2.24, 2.45) is 0 Å². The summed E-state index contributed by atoms with van der Waals surface area (Å²) in [6.07, 6.45) is 0. The summed E-state index contributed by atoms with van der Waals surface area (Å²) in [6, 6.07) is 3.05. The van der Waals surface area contributed by atoms with Crippen LogP contribution in [0.15, 0.2) is 12.1 Å². The van der Waals surface area contributed by atoms with Crippen LogP contribution in [-0.2, 0) is 0 Å². The van der Waals surface area contributed by atoms with Gasteiger partial charge in [0.1, 0.15) is 5.69 Å². The number of nitrogens with one attached hydrogen (secondary N) is 1. The van der Waals surface area contributed by atoms with Gasteiger partial charge in [0.05, 0.1) is 9.91 Å². The predicted octanol–water partition coefficient (Wildman–Crippen LogP) is 2.03. The largest absolute Gasteiger partial charge is 0.393 e. The molecular formula is C9H9N3O2S. The average Bonchev–Trinajstić information content (AvgIpc) is 2.41. The second-order valence-corrected chi connectivity index (χ2v) is 3.91. The van der Waals surface area contributed by atoms with Gasteiger partial charge in [-0.3, -0.25) is 10.1 Å². The summed E-state index contributed by atoms with van der Waals surface area (Å²) < 4.78 is 0. The van der Waals surface area contributed by atoms with Crippen LogP contribution in [0, 0.1) is 10.1 Å². The van der Waals surface area contributed by atoms with Crippen molar-refractivity contribution in [3.8, 4) is 0 Å². The molecular weight excluding hydrogens is 214 g/mol. The highest BCUT2D eigenvalue weighted by Gasteiger charge is 2.27. The molecule has 5 nitrogen and oxygen atoms in total. The van der Waals surface area contributed by atoms with Gasteiger partial charge in [-0.1, -0.05) is 19.1 Å². The third-order valence-electron chi connectivity index (χ3n) is 2.51. The van der Waals surface area contributed by atoms with Crippen LogP contribution < -0.4 is 11.1 Å². The maximum atomic E-state index is 10.7. The molecule has 0 saturated carbocycles. The molecule has 1 unspecified atom stereocenters. The smallest absolute Gasteiger partial charge is 0.292 e. The van der Waals surface area contributed by atoms with Gasteiger partial charge in [-0.05, 0) is 11.6 Å². The van der Waals surface area contributed by atoms with Crippen molar-refractivity contribution < 1.29 is 4.92 Å². The van der Waals surface area contributed by atoms with Crippen LogP contribution in [0.3, 0.4) is 0 Å². The third kappa shape index (κ3) is 1.42. The van der Waals surface area contributed by atoms with Gasteiger partial charge >= 0.3 is 0 Å². The monoisotopic (exact) mass is 223 g/mol. The topological polar surface area (TPSA) is 81.2 Å². The first-order valence-corrected chi connectivity index (χ1v) is 4.80. The lowest BCUT2D eigenvalue weighted by atomic mass is 10.0. The highest BCUT2D eigenvalue weighted by molar-refractivity contribution is 7.80. The highest BCUT2D eigenvalue weighted by Crippen LogP contribution is 2.38. The SMILES string of the molecule is CC1C(=S)Nc2cc(N)c([N+](=O)[O-])cc21. The molecule has 1 aliphatic rings. The van der Waals surface area contributed by atoms with E-state index < -0.39 is 4.92 Å². The Labute approximate surface area is 91.4 Å². The summed E-state index contributed by atoms with van der Waals surface area (Å²) in [6.45, 7) is 1.90. The van der Waals surface area contributed by atoms with Crippen LogP contribution in [0.25, 0.3) is 0 Å². The van der Waals surface area contributed by atoms with Crippen molar-refractivity contribution in [2.75, 3.05) is 11.1 Å². The van der Waals surface area contributed by atoms with Gasteiger partial charge in [0.15, 0.2) is 0 Å². The number of nitro benzene ring substituents is 1. The van der Waals surface area contributed by atoms with E-state index in [-0.39, 0.29) is 17.3 Å². The Hall–Kier alpha value is -1.69. The minimum Gasteiger partial charge on any atom is -0.393 e. The number of thiocarbonyl (C=S) groups is 1. The minimum absolute atomic E-state index is 0.00861. The zero-order chi connectivity index (χ0) is 11.2. The van der Waals surface area contributed by atoms with Crippen LogP contribution >= 0.6 is 12.2 Å². The maximum Gasteiger partial charge on any atom is 0.292 e. The van der Waals surface area contributed by atoms with Crippen molar-refractivity contribution in [1.29, 1.82) is 0 Å². The Morgan fingerprint density at radius 2 is 2.27 bits per heavy atom. The van der Waals surface area contributed by atoms with Crippen molar-refractivity contribution in [2.45, 2.75) is 12.8 Å². The zero-order valence-corrected chi connectivity index (χ0v) is 8.80. The van der Waals surface area contributed by atoms with Gasteiger partial charge in [-0.25, -0.2) is 0 Å². The van der Waals surface area contributed by atoms with E-state index in [1.165, 1.54) is 6.07 Å². The lowest BCUT2D eigenvalue weighted by Gasteiger charge is -2.03.